The van der Waals surface area contributed by atoms with E-state index in [1.165, 1.54) is 43.4 Å². The lowest BCUT2D eigenvalue weighted by Crippen LogP contribution is -2.21. The largest absolute Gasteiger partial charge is 0.328 e. The third-order valence-electron chi connectivity index (χ3n) is 3.86. The fourth-order valence-corrected chi connectivity index (χ4v) is 2.92. The molecular weight excluding hydrogens is 208 g/mol. The highest BCUT2D eigenvalue weighted by Crippen LogP contribution is 2.33. The molecule has 0 saturated carbocycles. The van der Waals surface area contributed by atoms with Gasteiger partial charge in [-0.25, -0.2) is 0 Å². The van der Waals surface area contributed by atoms with E-state index >= 15 is 0 Å². The monoisotopic (exact) mass is 232 g/mol. The van der Waals surface area contributed by atoms with E-state index in [1.807, 2.05) is 6.20 Å². The van der Waals surface area contributed by atoms with Crippen LogP contribution in [0.5, 0.6) is 0 Å². The molecule has 1 aliphatic carbocycles. The Morgan fingerprint density at radius 2 is 2.35 bits per heavy atom. The molecule has 1 aromatic heterocycles. The fraction of sp³-hybridized carbons (Fsp3) is 0.667. The van der Waals surface area contributed by atoms with Crippen LogP contribution in [0.2, 0.25) is 0 Å². The number of pyridine rings is 1. The van der Waals surface area contributed by atoms with Crippen molar-refractivity contribution in [1.82, 2.24) is 4.98 Å². The van der Waals surface area contributed by atoms with E-state index in [4.69, 9.17) is 5.73 Å². The maximum Gasteiger partial charge on any atom is 0.0466 e. The molecule has 1 aromatic rings. The van der Waals surface area contributed by atoms with E-state index in [2.05, 4.69) is 24.0 Å². The van der Waals surface area contributed by atoms with Gasteiger partial charge < -0.3 is 5.73 Å². The van der Waals surface area contributed by atoms with Crippen LogP contribution in [0.25, 0.3) is 0 Å². The molecule has 0 spiro atoms. The smallest absolute Gasteiger partial charge is 0.0466 e. The summed E-state index contributed by atoms with van der Waals surface area (Å²) in [5.74, 6) is 0.655. The predicted octanol–water partition coefficient (Wildman–Crippen LogP) is 3.41. The Morgan fingerprint density at radius 3 is 3.18 bits per heavy atom. The zero-order chi connectivity index (χ0) is 12.1. The molecule has 0 amide bonds. The quantitative estimate of drug-likeness (QED) is 0.845. The number of hydrogen-bond acceptors (Lipinski definition) is 2. The summed E-state index contributed by atoms with van der Waals surface area (Å²) in [5.41, 5.74) is 8.92. The maximum absolute atomic E-state index is 6.10. The zero-order valence-corrected chi connectivity index (χ0v) is 10.9. The molecule has 94 valence electrons. The number of hydrogen-bond donors (Lipinski definition) is 1. The first kappa shape index (κ1) is 12.6. The van der Waals surface area contributed by atoms with Gasteiger partial charge in [-0.3, -0.25) is 4.98 Å². The van der Waals surface area contributed by atoms with Crippen LogP contribution in [0.3, 0.4) is 0 Å². The van der Waals surface area contributed by atoms with Crippen LogP contribution >= 0.6 is 0 Å². The Bertz CT molecular complexity index is 349. The molecule has 0 fully saturated rings. The number of aryl methyl sites for hydroxylation is 1. The van der Waals surface area contributed by atoms with E-state index in [0.29, 0.717) is 12.0 Å². The van der Waals surface area contributed by atoms with Gasteiger partial charge in [-0.2, -0.15) is 0 Å². The number of fused-ring (bicyclic) bond motifs is 1. The van der Waals surface area contributed by atoms with Crippen molar-refractivity contribution in [3.05, 3.63) is 29.6 Å². The average molecular weight is 232 g/mol. The van der Waals surface area contributed by atoms with Crippen molar-refractivity contribution in [3.63, 3.8) is 0 Å². The summed E-state index contributed by atoms with van der Waals surface area (Å²) < 4.78 is 0. The van der Waals surface area contributed by atoms with Crippen LogP contribution in [-0.4, -0.2) is 11.0 Å². The molecule has 0 bridgehead atoms. The first-order chi connectivity index (χ1) is 8.31. The van der Waals surface area contributed by atoms with E-state index in [9.17, 15) is 0 Å². The van der Waals surface area contributed by atoms with Gasteiger partial charge >= 0.3 is 0 Å². The van der Waals surface area contributed by atoms with Crippen molar-refractivity contribution >= 4 is 0 Å². The third kappa shape index (κ3) is 3.29. The number of nitrogens with zero attached hydrogens (tertiary/aromatic N) is 1. The van der Waals surface area contributed by atoms with Gasteiger partial charge in [0.15, 0.2) is 0 Å². The molecule has 2 rings (SSSR count). The summed E-state index contributed by atoms with van der Waals surface area (Å²) in [6.07, 6.45) is 10.5. The van der Waals surface area contributed by atoms with Gasteiger partial charge in [-0.15, -0.1) is 0 Å². The normalized spacial score (nSPS) is 20.9. The second-order valence-corrected chi connectivity index (χ2v) is 5.26. The first-order valence-electron chi connectivity index (χ1n) is 7.00. The summed E-state index contributed by atoms with van der Waals surface area (Å²) in [7, 11) is 0. The minimum Gasteiger partial charge on any atom is -0.328 e. The molecule has 17 heavy (non-hydrogen) atoms. The highest BCUT2D eigenvalue weighted by molar-refractivity contribution is 5.25. The Labute approximate surface area is 105 Å². The molecule has 0 radical (unpaired) electrons. The van der Waals surface area contributed by atoms with E-state index in [0.717, 1.165) is 12.8 Å². The Morgan fingerprint density at radius 1 is 1.47 bits per heavy atom. The molecule has 0 aromatic carbocycles. The summed E-state index contributed by atoms with van der Waals surface area (Å²) in [6.45, 7) is 2.21. The topological polar surface area (TPSA) is 38.9 Å². The van der Waals surface area contributed by atoms with Crippen molar-refractivity contribution in [3.8, 4) is 0 Å². The van der Waals surface area contributed by atoms with Crippen LogP contribution < -0.4 is 5.73 Å². The van der Waals surface area contributed by atoms with E-state index < -0.39 is 0 Å². The molecule has 2 N–H and O–H groups in total. The average Bonchev–Trinajstić information content (AvgIpc) is 2.36. The van der Waals surface area contributed by atoms with Gasteiger partial charge in [0, 0.05) is 23.9 Å². The van der Waals surface area contributed by atoms with Gasteiger partial charge in [-0.05, 0) is 50.2 Å². The van der Waals surface area contributed by atoms with E-state index in [-0.39, 0.29) is 0 Å². The van der Waals surface area contributed by atoms with Gasteiger partial charge in [0.05, 0.1) is 0 Å². The molecule has 1 aliphatic rings. The lowest BCUT2D eigenvalue weighted by Gasteiger charge is -2.25. The summed E-state index contributed by atoms with van der Waals surface area (Å²) >= 11 is 0. The second-order valence-electron chi connectivity index (χ2n) is 5.26. The first-order valence-corrected chi connectivity index (χ1v) is 7.00. The summed E-state index contributed by atoms with van der Waals surface area (Å²) in [5, 5.41) is 0. The van der Waals surface area contributed by atoms with Crippen molar-refractivity contribution in [2.45, 2.75) is 63.8 Å². The van der Waals surface area contributed by atoms with Crippen molar-refractivity contribution in [2.24, 2.45) is 5.73 Å². The van der Waals surface area contributed by atoms with Crippen LogP contribution in [0, 0.1) is 0 Å². The SMILES string of the molecule is CCCC(N)CCC1CCCc2cccnc21. The minimum atomic E-state index is 0.383. The lowest BCUT2D eigenvalue weighted by molar-refractivity contribution is 0.450. The van der Waals surface area contributed by atoms with Crippen LogP contribution in [-0.2, 0) is 6.42 Å². The maximum atomic E-state index is 6.10. The van der Waals surface area contributed by atoms with E-state index in [1.54, 1.807) is 0 Å². The Kier molecular flexibility index (Phi) is 4.55. The highest BCUT2D eigenvalue weighted by atomic mass is 14.7. The number of nitrogens with two attached hydrogens (primary N) is 1. The van der Waals surface area contributed by atoms with Gasteiger partial charge in [0.25, 0.3) is 0 Å². The molecule has 0 saturated heterocycles. The second kappa shape index (κ2) is 6.15. The van der Waals surface area contributed by atoms with Gasteiger partial charge in [-0.1, -0.05) is 19.4 Å². The zero-order valence-electron chi connectivity index (χ0n) is 10.9. The molecule has 2 nitrogen and oxygen atoms in total. The van der Waals surface area contributed by atoms with Gasteiger partial charge in [0.1, 0.15) is 0 Å². The van der Waals surface area contributed by atoms with Crippen molar-refractivity contribution in [1.29, 1.82) is 0 Å². The molecular formula is C15H24N2. The summed E-state index contributed by atoms with van der Waals surface area (Å²) in [4.78, 5) is 4.58. The molecule has 1 heterocycles. The van der Waals surface area contributed by atoms with Crippen LogP contribution in [0.4, 0.5) is 0 Å². The fourth-order valence-electron chi connectivity index (χ4n) is 2.92. The number of rotatable bonds is 5. The molecule has 2 atom stereocenters. The lowest BCUT2D eigenvalue weighted by atomic mass is 9.83. The Hall–Kier alpha value is -0.890. The standard InChI is InChI=1S/C15H24N2/c1-2-5-14(16)10-9-13-7-3-6-12-8-4-11-17-15(12)13/h4,8,11,13-14H,2-3,5-7,9-10,16H2,1H3. The number of aromatic nitrogens is 1. The third-order valence-corrected chi connectivity index (χ3v) is 3.86. The highest BCUT2D eigenvalue weighted by Gasteiger charge is 2.21. The molecule has 2 heteroatoms. The molecule has 0 aliphatic heterocycles. The van der Waals surface area contributed by atoms with Crippen molar-refractivity contribution < 1.29 is 0 Å². The Balaban J connectivity index is 1.94. The summed E-state index contributed by atoms with van der Waals surface area (Å²) in [6, 6.07) is 4.68. The molecule has 2 unspecified atom stereocenters. The minimum absolute atomic E-state index is 0.383. The van der Waals surface area contributed by atoms with Crippen molar-refractivity contribution in [2.75, 3.05) is 0 Å². The van der Waals surface area contributed by atoms with Crippen LogP contribution in [0.15, 0.2) is 18.3 Å². The predicted molar refractivity (Wildman–Crippen MR) is 72.0 cm³/mol. The van der Waals surface area contributed by atoms with Gasteiger partial charge in [0.2, 0.25) is 0 Å². The van der Waals surface area contributed by atoms with Crippen LogP contribution in [0.1, 0.15) is 62.6 Å².